The van der Waals surface area contributed by atoms with Crippen molar-refractivity contribution in [2.75, 3.05) is 0 Å². The Morgan fingerprint density at radius 2 is 2.36 bits per heavy atom. The molecule has 1 rings (SSSR count). The number of allylic oxidation sites excluding steroid dienone is 4. The molecule has 0 saturated heterocycles. The molecule has 0 fully saturated rings. The van der Waals surface area contributed by atoms with Crippen LogP contribution < -0.4 is 0 Å². The summed E-state index contributed by atoms with van der Waals surface area (Å²) in [5.74, 6) is 0.669. The van der Waals surface area contributed by atoms with Gasteiger partial charge >= 0.3 is 0 Å². The fourth-order valence-corrected chi connectivity index (χ4v) is 1.26. The molecule has 0 unspecified atom stereocenters. The highest BCUT2D eigenvalue weighted by atomic mass is 19.1. The Balaban J connectivity index is 2.43. The molecule has 62 valence electrons. The van der Waals surface area contributed by atoms with Gasteiger partial charge in [0.05, 0.1) is 0 Å². The van der Waals surface area contributed by atoms with E-state index < -0.39 is 6.17 Å². The van der Waals surface area contributed by atoms with Crippen LogP contribution >= 0.6 is 0 Å². The fraction of sp³-hybridized carbons (Fsp3) is 0.600. The maximum absolute atomic E-state index is 12.6. The van der Waals surface area contributed by atoms with Gasteiger partial charge in [0.25, 0.3) is 0 Å². The lowest BCUT2D eigenvalue weighted by Gasteiger charge is -2.11. The van der Waals surface area contributed by atoms with Crippen LogP contribution in [0.4, 0.5) is 4.39 Å². The van der Waals surface area contributed by atoms with E-state index in [0.29, 0.717) is 12.3 Å². The molecule has 0 N–H and O–H groups in total. The Morgan fingerprint density at radius 1 is 1.64 bits per heavy atom. The van der Waals surface area contributed by atoms with Crippen molar-refractivity contribution >= 4 is 0 Å². The van der Waals surface area contributed by atoms with E-state index in [1.165, 1.54) is 5.57 Å². The second kappa shape index (κ2) is 3.70. The van der Waals surface area contributed by atoms with Crippen LogP contribution in [-0.2, 0) is 0 Å². The topological polar surface area (TPSA) is 0 Å². The van der Waals surface area contributed by atoms with Crippen LogP contribution in [-0.4, -0.2) is 6.17 Å². The highest BCUT2D eigenvalue weighted by Crippen LogP contribution is 2.19. The van der Waals surface area contributed by atoms with Gasteiger partial charge in [0.2, 0.25) is 0 Å². The fourth-order valence-electron chi connectivity index (χ4n) is 1.26. The minimum absolute atomic E-state index is 0.568. The normalized spacial score (nSPS) is 24.0. The van der Waals surface area contributed by atoms with Gasteiger partial charge in [-0.05, 0) is 12.3 Å². The monoisotopic (exact) mass is 154 g/mol. The first kappa shape index (κ1) is 8.51. The summed E-state index contributed by atoms with van der Waals surface area (Å²) in [6, 6.07) is 0. The van der Waals surface area contributed by atoms with Gasteiger partial charge in [0.15, 0.2) is 0 Å². The molecule has 0 aromatic heterocycles. The van der Waals surface area contributed by atoms with Gasteiger partial charge in [-0.1, -0.05) is 37.6 Å². The smallest absolute Gasteiger partial charge is 0.122 e. The number of halogens is 1. The molecule has 0 aromatic rings. The molecule has 0 aliphatic heterocycles. The molecule has 0 radical (unpaired) electrons. The summed E-state index contributed by atoms with van der Waals surface area (Å²) in [5.41, 5.74) is 1.29. The van der Waals surface area contributed by atoms with Crippen molar-refractivity contribution in [3.8, 4) is 0 Å². The van der Waals surface area contributed by atoms with Crippen LogP contribution in [0.3, 0.4) is 0 Å². The summed E-state index contributed by atoms with van der Waals surface area (Å²) in [5, 5.41) is 0. The van der Waals surface area contributed by atoms with E-state index in [0.717, 1.165) is 6.42 Å². The van der Waals surface area contributed by atoms with Gasteiger partial charge in [-0.2, -0.15) is 0 Å². The zero-order valence-electron chi connectivity index (χ0n) is 7.18. The van der Waals surface area contributed by atoms with Crippen molar-refractivity contribution in [2.24, 2.45) is 5.92 Å². The van der Waals surface area contributed by atoms with Crippen LogP contribution in [0.25, 0.3) is 0 Å². The molecular formula is C10H15F. The Hall–Kier alpha value is -0.590. The second-order valence-corrected chi connectivity index (χ2v) is 3.49. The van der Waals surface area contributed by atoms with E-state index in [1.807, 2.05) is 12.2 Å². The minimum Gasteiger partial charge on any atom is -0.243 e. The molecule has 0 nitrogen and oxygen atoms in total. The van der Waals surface area contributed by atoms with Crippen LogP contribution in [0.2, 0.25) is 0 Å². The molecule has 1 atom stereocenters. The zero-order valence-corrected chi connectivity index (χ0v) is 7.18. The van der Waals surface area contributed by atoms with Crippen LogP contribution in [0.1, 0.15) is 26.7 Å². The van der Waals surface area contributed by atoms with Crippen LogP contribution in [0.5, 0.6) is 0 Å². The Kier molecular flexibility index (Phi) is 2.86. The summed E-state index contributed by atoms with van der Waals surface area (Å²) >= 11 is 0. The lowest BCUT2D eigenvalue weighted by atomic mass is 9.97. The Morgan fingerprint density at radius 3 is 2.82 bits per heavy atom. The second-order valence-electron chi connectivity index (χ2n) is 3.49. The van der Waals surface area contributed by atoms with Gasteiger partial charge < -0.3 is 0 Å². The number of hydrogen-bond acceptors (Lipinski definition) is 0. The van der Waals surface area contributed by atoms with E-state index in [4.69, 9.17) is 0 Å². The first-order chi connectivity index (χ1) is 5.18. The summed E-state index contributed by atoms with van der Waals surface area (Å²) in [6.45, 7) is 4.35. The molecule has 1 heteroatoms. The first-order valence-corrected chi connectivity index (χ1v) is 4.20. The van der Waals surface area contributed by atoms with Gasteiger partial charge in [-0.3, -0.25) is 0 Å². The molecule has 0 amide bonds. The van der Waals surface area contributed by atoms with Crippen molar-refractivity contribution in [3.05, 3.63) is 23.8 Å². The third kappa shape index (κ3) is 2.87. The molecule has 1 aliphatic rings. The lowest BCUT2D eigenvalue weighted by Crippen LogP contribution is -2.00. The van der Waals surface area contributed by atoms with Crippen molar-refractivity contribution in [1.82, 2.24) is 0 Å². The summed E-state index contributed by atoms with van der Waals surface area (Å²) < 4.78 is 12.6. The molecule has 0 saturated carbocycles. The number of hydrogen-bond donors (Lipinski definition) is 0. The lowest BCUT2D eigenvalue weighted by molar-refractivity contribution is 0.399. The Labute approximate surface area is 67.8 Å². The van der Waals surface area contributed by atoms with E-state index in [2.05, 4.69) is 13.8 Å². The average Bonchev–Trinajstić information content (AvgIpc) is 1.93. The zero-order chi connectivity index (χ0) is 8.27. The van der Waals surface area contributed by atoms with Crippen LogP contribution in [0.15, 0.2) is 23.8 Å². The summed E-state index contributed by atoms with van der Waals surface area (Å²) in [7, 11) is 0. The van der Waals surface area contributed by atoms with Gasteiger partial charge in [0, 0.05) is 6.42 Å². The predicted molar refractivity (Wildman–Crippen MR) is 46.2 cm³/mol. The third-order valence-electron chi connectivity index (χ3n) is 1.77. The molecular weight excluding hydrogens is 139 g/mol. The van der Waals surface area contributed by atoms with Crippen molar-refractivity contribution in [1.29, 1.82) is 0 Å². The Bertz CT molecular complexity index is 177. The molecule has 1 aliphatic carbocycles. The molecule has 0 heterocycles. The molecule has 0 bridgehead atoms. The highest BCUT2D eigenvalue weighted by molar-refractivity contribution is 5.24. The van der Waals surface area contributed by atoms with E-state index in [9.17, 15) is 4.39 Å². The van der Waals surface area contributed by atoms with Gasteiger partial charge in [0.1, 0.15) is 6.17 Å². The van der Waals surface area contributed by atoms with Crippen LogP contribution in [0, 0.1) is 5.92 Å². The number of alkyl halides is 1. The predicted octanol–water partition coefficient (Wildman–Crippen LogP) is 3.26. The maximum atomic E-state index is 12.6. The van der Waals surface area contributed by atoms with Gasteiger partial charge in [-0.25, -0.2) is 4.39 Å². The van der Waals surface area contributed by atoms with Crippen molar-refractivity contribution in [2.45, 2.75) is 32.9 Å². The average molecular weight is 154 g/mol. The summed E-state index contributed by atoms with van der Waals surface area (Å²) in [4.78, 5) is 0. The summed E-state index contributed by atoms with van der Waals surface area (Å²) in [6.07, 6.45) is 6.46. The highest BCUT2D eigenvalue weighted by Gasteiger charge is 2.06. The van der Waals surface area contributed by atoms with Gasteiger partial charge in [-0.15, -0.1) is 0 Å². The number of rotatable bonds is 2. The van der Waals surface area contributed by atoms with E-state index >= 15 is 0 Å². The molecule has 11 heavy (non-hydrogen) atoms. The quantitative estimate of drug-likeness (QED) is 0.572. The molecule has 0 aromatic carbocycles. The first-order valence-electron chi connectivity index (χ1n) is 4.20. The van der Waals surface area contributed by atoms with Crippen molar-refractivity contribution < 1.29 is 4.39 Å². The minimum atomic E-state index is -0.745. The standard InChI is InChI=1S/C10H15F/c1-8(2)7-9-3-5-10(11)6-4-9/h3-5,8,10H,6-7H2,1-2H3/t10-/m1/s1. The molecule has 0 spiro atoms. The van der Waals surface area contributed by atoms with E-state index in [1.54, 1.807) is 6.08 Å². The third-order valence-corrected chi connectivity index (χ3v) is 1.77. The van der Waals surface area contributed by atoms with E-state index in [-0.39, 0.29) is 0 Å². The SMILES string of the molecule is CC(C)CC1=CC[C@H](F)C=C1. The van der Waals surface area contributed by atoms with Crippen molar-refractivity contribution in [3.63, 3.8) is 0 Å². The maximum Gasteiger partial charge on any atom is 0.122 e. The largest absolute Gasteiger partial charge is 0.243 e.